The smallest absolute Gasteiger partial charge is 0.137 e. The van der Waals surface area contributed by atoms with Gasteiger partial charge in [-0.25, -0.2) is 0 Å². The first kappa shape index (κ1) is 28.3. The fraction of sp³-hybridized carbons (Fsp3) is 0.154. The lowest BCUT2D eigenvalue weighted by atomic mass is 9.92. The maximum atomic E-state index is 4.85. The van der Waals surface area contributed by atoms with E-state index in [1.54, 1.807) is 0 Å². The third kappa shape index (κ3) is 6.00. The number of aromatic amines is 2. The summed E-state index contributed by atoms with van der Waals surface area (Å²) in [5, 5.41) is 13.9. The lowest BCUT2D eigenvalue weighted by Gasteiger charge is -2.31. The van der Waals surface area contributed by atoms with Crippen LogP contribution >= 0.6 is 0 Å². The lowest BCUT2D eigenvalue weighted by Crippen LogP contribution is -2.37. The van der Waals surface area contributed by atoms with Crippen LogP contribution in [0.5, 0.6) is 0 Å². The Morgan fingerprint density at radius 1 is 0.711 bits per heavy atom. The number of rotatable bonds is 11. The van der Waals surface area contributed by atoms with Gasteiger partial charge in [-0.05, 0) is 71.0 Å². The molecule has 3 aromatic heterocycles. The maximum Gasteiger partial charge on any atom is 0.137 e. The molecule has 7 rings (SSSR count). The molecule has 6 nitrogen and oxygen atoms in total. The number of H-pyrrole nitrogens is 2. The Morgan fingerprint density at radius 2 is 1.38 bits per heavy atom. The first-order valence-electron chi connectivity index (χ1n) is 15.5. The molecular weight excluding hydrogens is 552 g/mol. The minimum absolute atomic E-state index is 0.126. The number of nitrogens with zero attached hydrogens (tertiary/aromatic N) is 4. The Balaban J connectivity index is 1.27. The van der Waals surface area contributed by atoms with Crippen LogP contribution < -0.4 is 0 Å². The predicted molar refractivity (Wildman–Crippen MR) is 187 cm³/mol. The van der Waals surface area contributed by atoms with Gasteiger partial charge in [-0.2, -0.15) is 5.10 Å². The molecule has 4 aromatic carbocycles. The quantitative estimate of drug-likeness (QED) is 0.0902. The van der Waals surface area contributed by atoms with E-state index in [1.165, 1.54) is 43.8 Å². The lowest BCUT2D eigenvalue weighted by molar-refractivity contribution is 0.389. The Kier molecular flexibility index (Phi) is 8.19. The predicted octanol–water partition coefficient (Wildman–Crippen LogP) is 8.67. The molecule has 0 aliphatic carbocycles. The van der Waals surface area contributed by atoms with E-state index in [1.807, 2.05) is 12.3 Å². The molecule has 0 saturated carbocycles. The van der Waals surface area contributed by atoms with E-state index in [2.05, 4.69) is 142 Å². The maximum absolute atomic E-state index is 4.85. The Morgan fingerprint density at radius 3 is 2.13 bits per heavy atom. The zero-order chi connectivity index (χ0) is 30.4. The number of amidine groups is 1. The van der Waals surface area contributed by atoms with Gasteiger partial charge in [0.15, 0.2) is 0 Å². The highest BCUT2D eigenvalue weighted by Crippen LogP contribution is 2.30. The largest absolute Gasteiger partial charge is 0.361 e. The van der Waals surface area contributed by atoms with Crippen LogP contribution in [-0.2, 0) is 19.4 Å². The highest BCUT2D eigenvalue weighted by atomic mass is 15.3. The van der Waals surface area contributed by atoms with Gasteiger partial charge in [0.25, 0.3) is 0 Å². The topological polar surface area (TPSA) is 72.4 Å². The van der Waals surface area contributed by atoms with Crippen molar-refractivity contribution in [3.63, 3.8) is 0 Å². The van der Waals surface area contributed by atoms with Crippen molar-refractivity contribution in [3.8, 4) is 0 Å². The van der Waals surface area contributed by atoms with E-state index in [0.717, 1.165) is 42.9 Å². The van der Waals surface area contributed by atoms with Gasteiger partial charge in [0.05, 0.1) is 11.6 Å². The molecule has 0 unspecified atom stereocenters. The second-order valence-corrected chi connectivity index (χ2v) is 11.5. The van der Waals surface area contributed by atoms with Crippen LogP contribution in [0.3, 0.4) is 0 Å². The van der Waals surface area contributed by atoms with Gasteiger partial charge >= 0.3 is 0 Å². The molecule has 0 bridgehead atoms. The summed E-state index contributed by atoms with van der Waals surface area (Å²) in [5.74, 6) is 0.750. The molecule has 0 radical (unpaired) electrons. The summed E-state index contributed by atoms with van der Waals surface area (Å²) in [6.07, 6.45) is 8.75. The molecule has 1 atom stereocenters. The minimum Gasteiger partial charge on any atom is -0.361 e. The number of nitrogens with one attached hydrogen (secondary N) is 2. The molecule has 45 heavy (non-hydrogen) atoms. The number of para-hydroxylation sites is 2. The van der Waals surface area contributed by atoms with Crippen molar-refractivity contribution in [2.45, 2.75) is 31.7 Å². The molecule has 0 amide bonds. The summed E-state index contributed by atoms with van der Waals surface area (Å²) in [4.78, 5) is 14.1. The van der Waals surface area contributed by atoms with Crippen LogP contribution in [0.1, 0.15) is 34.7 Å². The van der Waals surface area contributed by atoms with E-state index in [4.69, 9.17) is 10.1 Å². The zero-order valence-electron chi connectivity index (χ0n) is 25.2. The summed E-state index contributed by atoms with van der Waals surface area (Å²) in [6.45, 7) is 5.32. The Bertz CT molecular complexity index is 2080. The van der Waals surface area contributed by atoms with Crippen molar-refractivity contribution in [1.82, 2.24) is 19.9 Å². The molecule has 2 N–H and O–H groups in total. The molecule has 6 heteroatoms. The summed E-state index contributed by atoms with van der Waals surface area (Å²) in [5.41, 5.74) is 7.07. The Hall–Kier alpha value is -5.49. The SMILES string of the molecule is C=N/N=C(/[C@@H](Cc1c[nH]c2ccccc12)c1ccccn1)N(CCCc1c[nH]c2ccccc12)Cc1cccc2ccccc12. The van der Waals surface area contributed by atoms with Gasteiger partial charge in [0.1, 0.15) is 5.84 Å². The molecule has 222 valence electrons. The van der Waals surface area contributed by atoms with E-state index >= 15 is 0 Å². The van der Waals surface area contributed by atoms with Crippen molar-refractivity contribution in [2.24, 2.45) is 10.2 Å². The molecule has 0 saturated heterocycles. The van der Waals surface area contributed by atoms with Crippen molar-refractivity contribution >= 4 is 45.1 Å². The third-order valence-electron chi connectivity index (χ3n) is 8.74. The Labute approximate surface area is 263 Å². The number of pyridine rings is 1. The second kappa shape index (κ2) is 13.0. The van der Waals surface area contributed by atoms with Gasteiger partial charge in [-0.15, -0.1) is 5.10 Å². The molecule has 3 heterocycles. The van der Waals surface area contributed by atoms with Crippen LogP contribution in [0.25, 0.3) is 32.6 Å². The number of hydrogen-bond acceptors (Lipinski definition) is 3. The molecule has 0 aliphatic heterocycles. The average molecular weight is 589 g/mol. The molecule has 0 aliphatic rings. The zero-order valence-corrected chi connectivity index (χ0v) is 25.2. The van der Waals surface area contributed by atoms with E-state index < -0.39 is 0 Å². The van der Waals surface area contributed by atoms with Crippen molar-refractivity contribution in [2.75, 3.05) is 6.54 Å². The third-order valence-corrected chi connectivity index (χ3v) is 8.74. The number of hydrogen-bond donors (Lipinski definition) is 2. The summed E-state index contributed by atoms with van der Waals surface area (Å²) in [6, 6.07) is 38.2. The number of aromatic nitrogens is 3. The fourth-order valence-corrected chi connectivity index (χ4v) is 6.57. The first-order valence-corrected chi connectivity index (χ1v) is 15.5. The van der Waals surface area contributed by atoms with Gasteiger partial charge in [-0.3, -0.25) is 4.98 Å². The summed E-state index contributed by atoms with van der Waals surface area (Å²) < 4.78 is 0. The van der Waals surface area contributed by atoms with Crippen molar-refractivity contribution in [1.29, 1.82) is 0 Å². The van der Waals surface area contributed by atoms with Crippen LogP contribution in [0.2, 0.25) is 0 Å². The highest BCUT2D eigenvalue weighted by Gasteiger charge is 2.27. The van der Waals surface area contributed by atoms with Crippen molar-refractivity contribution < 1.29 is 0 Å². The number of fused-ring (bicyclic) bond motifs is 3. The van der Waals surface area contributed by atoms with Crippen LogP contribution in [-0.4, -0.2) is 38.9 Å². The highest BCUT2D eigenvalue weighted by molar-refractivity contribution is 5.92. The van der Waals surface area contributed by atoms with Gasteiger partial charge in [-0.1, -0.05) is 84.9 Å². The molecule has 7 aromatic rings. The van der Waals surface area contributed by atoms with Crippen molar-refractivity contribution in [3.05, 3.63) is 150 Å². The standard InChI is InChI=1S/C39H36N6/c1-40-44-39(35(38-21-8-9-22-41-38)24-31-26-43-37-20-7-5-18-34(31)37)45(27-30-14-10-13-28-12-2-3-16-32(28)30)23-11-15-29-25-42-36-19-6-4-17-33(29)36/h2-10,12-14,16-22,25-26,35,42-43H,1,11,15,23-24,27H2/b44-39-/t35-/m0/s1. The number of aryl methyl sites for hydroxylation is 1. The van der Waals surface area contributed by atoms with Gasteiger partial charge in [0.2, 0.25) is 0 Å². The van der Waals surface area contributed by atoms with E-state index in [9.17, 15) is 0 Å². The van der Waals surface area contributed by atoms with E-state index in [0.29, 0.717) is 6.54 Å². The monoisotopic (exact) mass is 588 g/mol. The molecule has 0 fully saturated rings. The average Bonchev–Trinajstić information content (AvgIpc) is 3.70. The van der Waals surface area contributed by atoms with Crippen LogP contribution in [0.15, 0.2) is 138 Å². The number of benzene rings is 4. The fourth-order valence-electron chi connectivity index (χ4n) is 6.57. The van der Waals surface area contributed by atoms with Gasteiger partial charge in [0, 0.05) is 60.2 Å². The molecular formula is C39H36N6. The normalized spacial score (nSPS) is 12.6. The summed E-state index contributed by atoms with van der Waals surface area (Å²) in [7, 11) is 0. The van der Waals surface area contributed by atoms with Gasteiger partial charge < -0.3 is 14.9 Å². The van der Waals surface area contributed by atoms with Crippen LogP contribution in [0, 0.1) is 0 Å². The minimum atomic E-state index is -0.126. The summed E-state index contributed by atoms with van der Waals surface area (Å²) >= 11 is 0. The first-order chi connectivity index (χ1) is 22.3. The van der Waals surface area contributed by atoms with E-state index in [-0.39, 0.29) is 5.92 Å². The second-order valence-electron chi connectivity index (χ2n) is 11.5. The molecule has 0 spiro atoms. The van der Waals surface area contributed by atoms with Crippen LogP contribution in [0.4, 0.5) is 0 Å².